The molecule has 0 aromatic rings. The third-order valence-corrected chi connectivity index (χ3v) is 3.57. The van der Waals surface area contributed by atoms with Gasteiger partial charge in [-0.25, -0.2) is 4.79 Å². The number of rotatable bonds is 4. The highest BCUT2D eigenvalue weighted by Crippen LogP contribution is 2.35. The Hall–Kier alpha value is -0.540. The van der Waals surface area contributed by atoms with Crippen LogP contribution < -0.4 is 5.32 Å². The van der Waals surface area contributed by atoms with E-state index < -0.39 is 7.37 Å². The molecule has 1 aliphatic heterocycles. The number of carbonyl (C=O) groups excluding carboxylic acids is 1. The fraction of sp³-hybridized carbons (Fsp3) is 0.889. The smallest absolute Gasteiger partial charge is 0.317 e. The van der Waals surface area contributed by atoms with Crippen LogP contribution in [0.25, 0.3) is 0 Å². The van der Waals surface area contributed by atoms with Gasteiger partial charge in [0, 0.05) is 32.5 Å². The third-order valence-electron chi connectivity index (χ3n) is 2.42. The summed E-state index contributed by atoms with van der Waals surface area (Å²) in [6.07, 6.45) is 2.99. The number of nitrogens with one attached hydrogen (secondary N) is 1. The molecule has 1 saturated heterocycles. The largest absolute Gasteiger partial charge is 0.344 e. The molecule has 0 spiro atoms. The Morgan fingerprint density at radius 1 is 1.47 bits per heavy atom. The summed E-state index contributed by atoms with van der Waals surface area (Å²) in [5.41, 5.74) is 0. The topological polar surface area (TPSA) is 69.6 Å². The normalized spacial score (nSPS) is 20.0. The van der Waals surface area contributed by atoms with E-state index in [1.165, 1.54) is 6.66 Å². The van der Waals surface area contributed by atoms with Crippen LogP contribution in [0.4, 0.5) is 4.79 Å². The molecule has 1 fully saturated rings. The molecule has 0 bridgehead atoms. The Morgan fingerprint density at radius 2 is 2.07 bits per heavy atom. The van der Waals surface area contributed by atoms with Crippen LogP contribution in [0.5, 0.6) is 0 Å². The second kappa shape index (κ2) is 5.52. The standard InChI is InChI=1S/C9H19N2O3P/c1-15(13,14)8-4-5-10-9(12)11-6-2-3-7-11/h2-8H2,1H3,(H,10,12)(H,13,14). The predicted octanol–water partition coefficient (Wildman–Crippen LogP) is 1.08. The molecular weight excluding hydrogens is 215 g/mol. The van der Waals surface area contributed by atoms with Gasteiger partial charge in [0.25, 0.3) is 0 Å². The van der Waals surface area contributed by atoms with Crippen LogP contribution in [0.15, 0.2) is 0 Å². The number of amides is 2. The number of hydrogen-bond donors (Lipinski definition) is 2. The minimum atomic E-state index is -2.92. The van der Waals surface area contributed by atoms with Crippen molar-refractivity contribution in [3.8, 4) is 0 Å². The first kappa shape index (κ1) is 12.5. The van der Waals surface area contributed by atoms with Gasteiger partial charge in [0.15, 0.2) is 7.37 Å². The van der Waals surface area contributed by atoms with Crippen molar-refractivity contribution >= 4 is 13.4 Å². The zero-order valence-corrected chi connectivity index (χ0v) is 10.0. The number of hydrogen-bond acceptors (Lipinski definition) is 2. The van der Waals surface area contributed by atoms with Crippen molar-refractivity contribution in [3.05, 3.63) is 0 Å². The molecule has 0 aromatic heterocycles. The summed E-state index contributed by atoms with van der Waals surface area (Å²) in [5.74, 6) is 0. The molecule has 1 unspecified atom stereocenters. The fourth-order valence-corrected chi connectivity index (χ4v) is 2.34. The maximum Gasteiger partial charge on any atom is 0.317 e. The Morgan fingerprint density at radius 3 is 2.60 bits per heavy atom. The Bertz CT molecular complexity index is 258. The second-order valence-corrected chi connectivity index (χ2v) is 6.60. The molecule has 0 aromatic carbocycles. The first-order valence-corrected chi connectivity index (χ1v) is 7.60. The monoisotopic (exact) mass is 234 g/mol. The Kier molecular flexibility index (Phi) is 4.61. The molecule has 0 saturated carbocycles. The first-order valence-electron chi connectivity index (χ1n) is 5.31. The van der Waals surface area contributed by atoms with Crippen molar-refractivity contribution in [2.24, 2.45) is 0 Å². The molecule has 1 heterocycles. The quantitative estimate of drug-likeness (QED) is 0.565. The van der Waals surface area contributed by atoms with Gasteiger partial charge in [-0.2, -0.15) is 0 Å². The van der Waals surface area contributed by atoms with E-state index in [4.69, 9.17) is 4.89 Å². The Balaban J connectivity index is 2.09. The summed E-state index contributed by atoms with van der Waals surface area (Å²) in [4.78, 5) is 22.3. The lowest BCUT2D eigenvalue weighted by Crippen LogP contribution is -2.38. The van der Waals surface area contributed by atoms with E-state index in [-0.39, 0.29) is 12.2 Å². The van der Waals surface area contributed by atoms with Gasteiger partial charge in [-0.15, -0.1) is 0 Å². The van der Waals surface area contributed by atoms with Crippen LogP contribution in [0.1, 0.15) is 19.3 Å². The maximum atomic E-state index is 11.5. The molecule has 15 heavy (non-hydrogen) atoms. The van der Waals surface area contributed by atoms with Crippen LogP contribution >= 0.6 is 7.37 Å². The van der Waals surface area contributed by atoms with Gasteiger partial charge in [0.1, 0.15) is 0 Å². The number of likely N-dealkylation sites (tertiary alicyclic amines) is 1. The van der Waals surface area contributed by atoms with E-state index in [2.05, 4.69) is 5.32 Å². The molecular formula is C9H19N2O3P. The van der Waals surface area contributed by atoms with Crippen LogP contribution in [-0.4, -0.2) is 48.3 Å². The minimum absolute atomic E-state index is 0.0450. The third kappa shape index (κ3) is 5.19. The van der Waals surface area contributed by atoms with E-state index in [9.17, 15) is 9.36 Å². The van der Waals surface area contributed by atoms with E-state index in [0.29, 0.717) is 13.0 Å². The molecule has 1 aliphatic rings. The van der Waals surface area contributed by atoms with Gasteiger partial charge in [-0.1, -0.05) is 0 Å². The van der Waals surface area contributed by atoms with Gasteiger partial charge < -0.3 is 15.1 Å². The van der Waals surface area contributed by atoms with Crippen LogP contribution in [0, 0.1) is 0 Å². The molecule has 5 nitrogen and oxygen atoms in total. The summed E-state index contributed by atoms with van der Waals surface area (Å²) >= 11 is 0. The second-order valence-electron chi connectivity index (χ2n) is 4.05. The number of carbonyl (C=O) groups is 1. The average Bonchev–Trinajstić information content (AvgIpc) is 2.63. The van der Waals surface area contributed by atoms with Crippen LogP contribution in [0.3, 0.4) is 0 Å². The molecule has 0 aliphatic carbocycles. The van der Waals surface area contributed by atoms with Crippen LogP contribution in [0.2, 0.25) is 0 Å². The lowest BCUT2D eigenvalue weighted by Gasteiger charge is -2.16. The molecule has 6 heteroatoms. The van der Waals surface area contributed by atoms with Gasteiger partial charge in [0.2, 0.25) is 0 Å². The van der Waals surface area contributed by atoms with Crippen molar-refractivity contribution in [1.29, 1.82) is 0 Å². The van der Waals surface area contributed by atoms with E-state index in [0.717, 1.165) is 25.9 Å². The van der Waals surface area contributed by atoms with Crippen molar-refractivity contribution in [2.75, 3.05) is 32.5 Å². The summed E-state index contributed by atoms with van der Waals surface area (Å²) in [7, 11) is -2.92. The fourth-order valence-electron chi connectivity index (χ4n) is 1.60. The van der Waals surface area contributed by atoms with Crippen molar-refractivity contribution in [2.45, 2.75) is 19.3 Å². The molecule has 2 N–H and O–H groups in total. The number of urea groups is 1. The van der Waals surface area contributed by atoms with Crippen molar-refractivity contribution in [1.82, 2.24) is 10.2 Å². The molecule has 88 valence electrons. The van der Waals surface area contributed by atoms with Gasteiger partial charge in [-0.05, 0) is 19.3 Å². The summed E-state index contributed by atoms with van der Waals surface area (Å²) in [5, 5.41) is 2.75. The first-order chi connectivity index (χ1) is 6.99. The van der Waals surface area contributed by atoms with E-state index in [1.807, 2.05) is 0 Å². The number of nitrogens with zero attached hydrogens (tertiary/aromatic N) is 1. The van der Waals surface area contributed by atoms with Crippen molar-refractivity contribution in [3.63, 3.8) is 0 Å². The highest BCUT2D eigenvalue weighted by molar-refractivity contribution is 7.57. The summed E-state index contributed by atoms with van der Waals surface area (Å²) in [6, 6.07) is -0.0450. The highest BCUT2D eigenvalue weighted by Gasteiger charge is 2.17. The lowest BCUT2D eigenvalue weighted by atomic mass is 10.4. The molecule has 1 rings (SSSR count). The maximum absolute atomic E-state index is 11.5. The SMILES string of the molecule is CP(=O)(O)CCCNC(=O)N1CCCC1. The van der Waals surface area contributed by atoms with Crippen molar-refractivity contribution < 1.29 is 14.3 Å². The zero-order valence-electron chi connectivity index (χ0n) is 9.11. The summed E-state index contributed by atoms with van der Waals surface area (Å²) in [6.45, 7) is 3.49. The average molecular weight is 234 g/mol. The minimum Gasteiger partial charge on any atom is -0.344 e. The summed E-state index contributed by atoms with van der Waals surface area (Å²) < 4.78 is 10.9. The van der Waals surface area contributed by atoms with Gasteiger partial charge in [-0.3, -0.25) is 4.57 Å². The van der Waals surface area contributed by atoms with Crippen LogP contribution in [-0.2, 0) is 4.57 Å². The van der Waals surface area contributed by atoms with E-state index in [1.54, 1.807) is 4.90 Å². The van der Waals surface area contributed by atoms with Gasteiger partial charge >= 0.3 is 6.03 Å². The predicted molar refractivity (Wildman–Crippen MR) is 59.4 cm³/mol. The lowest BCUT2D eigenvalue weighted by molar-refractivity contribution is 0.209. The van der Waals surface area contributed by atoms with E-state index >= 15 is 0 Å². The highest BCUT2D eigenvalue weighted by atomic mass is 31.2. The molecule has 0 radical (unpaired) electrons. The Labute approximate surface area is 90.3 Å². The molecule has 1 atom stereocenters. The van der Waals surface area contributed by atoms with Gasteiger partial charge in [0.05, 0.1) is 0 Å². The zero-order chi connectivity index (χ0) is 11.3. The molecule has 2 amide bonds.